The Kier molecular flexibility index (Phi) is 3.91. The quantitative estimate of drug-likeness (QED) is 0.841. The summed E-state index contributed by atoms with van der Waals surface area (Å²) < 4.78 is 1.83. The number of carbonyl (C=O) groups excluding carboxylic acids is 1. The molecular formula is C16H17N3O3. The van der Waals surface area contributed by atoms with Crippen LogP contribution in [0.25, 0.3) is 0 Å². The van der Waals surface area contributed by atoms with Crippen molar-refractivity contribution in [1.29, 1.82) is 0 Å². The lowest BCUT2D eigenvalue weighted by molar-refractivity contribution is -0.140. The van der Waals surface area contributed by atoms with Gasteiger partial charge in [-0.25, -0.2) is 0 Å². The van der Waals surface area contributed by atoms with Crippen molar-refractivity contribution in [1.82, 2.24) is 15.1 Å². The number of benzene rings is 1. The second kappa shape index (κ2) is 6.01. The van der Waals surface area contributed by atoms with Crippen molar-refractivity contribution in [3.05, 3.63) is 53.9 Å². The highest BCUT2D eigenvalue weighted by Crippen LogP contribution is 2.38. The third kappa shape index (κ3) is 3.33. The van der Waals surface area contributed by atoms with Crippen molar-refractivity contribution in [2.45, 2.75) is 19.5 Å². The summed E-state index contributed by atoms with van der Waals surface area (Å²) in [4.78, 5) is 22.6. The van der Waals surface area contributed by atoms with Gasteiger partial charge in [-0.05, 0) is 23.6 Å². The minimum atomic E-state index is -0.888. The monoisotopic (exact) mass is 299 g/mol. The molecule has 0 saturated heterocycles. The average molecular weight is 299 g/mol. The lowest BCUT2D eigenvalue weighted by Crippen LogP contribution is -2.26. The second-order valence-corrected chi connectivity index (χ2v) is 5.53. The standard InChI is InChI=1S/C16H17N3O3/c20-15(13-8-14(13)16(21)22)17-9-11-3-1-4-12(7-11)10-19-6-2-5-18-19/h1-7,13-14H,8-10H2,(H,17,20)(H,21,22). The normalized spacial score (nSPS) is 19.6. The zero-order valence-electron chi connectivity index (χ0n) is 12.0. The largest absolute Gasteiger partial charge is 0.481 e. The third-order valence-electron chi connectivity index (χ3n) is 3.81. The summed E-state index contributed by atoms with van der Waals surface area (Å²) in [5.74, 6) is -1.94. The van der Waals surface area contributed by atoms with E-state index in [4.69, 9.17) is 5.11 Å². The Labute approximate surface area is 127 Å². The minimum Gasteiger partial charge on any atom is -0.481 e. The van der Waals surface area contributed by atoms with Crippen LogP contribution in [-0.2, 0) is 22.7 Å². The van der Waals surface area contributed by atoms with E-state index >= 15 is 0 Å². The van der Waals surface area contributed by atoms with Crippen molar-refractivity contribution < 1.29 is 14.7 Å². The number of amides is 1. The Morgan fingerprint density at radius 1 is 1.27 bits per heavy atom. The van der Waals surface area contributed by atoms with Gasteiger partial charge in [-0.2, -0.15) is 5.10 Å². The fourth-order valence-electron chi connectivity index (χ4n) is 2.50. The third-order valence-corrected chi connectivity index (χ3v) is 3.81. The molecule has 0 radical (unpaired) electrons. The molecule has 0 aliphatic heterocycles. The van der Waals surface area contributed by atoms with Gasteiger partial charge in [0.05, 0.1) is 18.4 Å². The summed E-state index contributed by atoms with van der Waals surface area (Å²) in [5.41, 5.74) is 2.09. The maximum atomic E-state index is 11.8. The van der Waals surface area contributed by atoms with Gasteiger partial charge in [-0.3, -0.25) is 14.3 Å². The van der Waals surface area contributed by atoms with Crippen molar-refractivity contribution in [3.63, 3.8) is 0 Å². The van der Waals surface area contributed by atoms with Gasteiger partial charge in [0.2, 0.25) is 5.91 Å². The summed E-state index contributed by atoms with van der Waals surface area (Å²) >= 11 is 0. The number of carboxylic acid groups (broad SMARTS) is 1. The highest BCUT2D eigenvalue weighted by atomic mass is 16.4. The first kappa shape index (κ1) is 14.3. The first-order valence-corrected chi connectivity index (χ1v) is 7.19. The van der Waals surface area contributed by atoms with Gasteiger partial charge in [0.1, 0.15) is 0 Å². The van der Waals surface area contributed by atoms with Crippen LogP contribution in [0.2, 0.25) is 0 Å². The smallest absolute Gasteiger partial charge is 0.307 e. The molecule has 1 aliphatic carbocycles. The summed E-state index contributed by atoms with van der Waals surface area (Å²) in [6, 6.07) is 9.78. The average Bonchev–Trinajstić information content (AvgIpc) is 3.17. The topological polar surface area (TPSA) is 84.2 Å². The number of aromatic nitrogens is 2. The van der Waals surface area contributed by atoms with Gasteiger partial charge in [0, 0.05) is 18.9 Å². The van der Waals surface area contributed by atoms with Gasteiger partial charge in [0.15, 0.2) is 0 Å². The molecule has 114 valence electrons. The molecule has 1 saturated carbocycles. The fraction of sp³-hybridized carbons (Fsp3) is 0.312. The highest BCUT2D eigenvalue weighted by Gasteiger charge is 2.48. The van der Waals surface area contributed by atoms with Crippen LogP contribution in [0.4, 0.5) is 0 Å². The number of carboxylic acids is 1. The molecule has 6 heteroatoms. The Bertz CT molecular complexity index is 682. The SMILES string of the molecule is O=C(O)C1CC1C(=O)NCc1cccc(Cn2cccn2)c1. The molecular weight excluding hydrogens is 282 g/mol. The summed E-state index contributed by atoms with van der Waals surface area (Å²) in [5, 5.41) is 15.8. The number of nitrogens with one attached hydrogen (secondary N) is 1. The molecule has 22 heavy (non-hydrogen) atoms. The Balaban J connectivity index is 1.55. The number of nitrogens with zero attached hydrogens (tertiary/aromatic N) is 2. The molecule has 1 aromatic heterocycles. The number of hydrogen-bond acceptors (Lipinski definition) is 3. The van der Waals surface area contributed by atoms with Crippen molar-refractivity contribution in [2.75, 3.05) is 0 Å². The lowest BCUT2D eigenvalue weighted by atomic mass is 10.1. The maximum absolute atomic E-state index is 11.8. The van der Waals surface area contributed by atoms with E-state index in [9.17, 15) is 9.59 Å². The van der Waals surface area contributed by atoms with Gasteiger partial charge < -0.3 is 10.4 Å². The predicted octanol–water partition coefficient (Wildman–Crippen LogP) is 1.27. The van der Waals surface area contributed by atoms with Crippen molar-refractivity contribution in [3.8, 4) is 0 Å². The summed E-state index contributed by atoms with van der Waals surface area (Å²) in [6.07, 6.45) is 4.08. The van der Waals surface area contributed by atoms with Crippen LogP contribution in [0.1, 0.15) is 17.5 Å². The molecule has 1 aromatic carbocycles. The molecule has 1 fully saturated rings. The number of hydrogen-bond donors (Lipinski definition) is 2. The Hall–Kier alpha value is -2.63. The molecule has 2 unspecified atom stereocenters. The zero-order valence-corrected chi connectivity index (χ0v) is 12.0. The van der Waals surface area contributed by atoms with E-state index in [1.165, 1.54) is 0 Å². The van der Waals surface area contributed by atoms with Crippen LogP contribution in [0, 0.1) is 11.8 Å². The van der Waals surface area contributed by atoms with Gasteiger partial charge in [0.25, 0.3) is 0 Å². The molecule has 3 rings (SSSR count). The van der Waals surface area contributed by atoms with Crippen LogP contribution in [0.5, 0.6) is 0 Å². The summed E-state index contributed by atoms with van der Waals surface area (Å²) in [7, 11) is 0. The zero-order chi connectivity index (χ0) is 15.5. The van der Waals surface area contributed by atoms with Crippen LogP contribution in [-0.4, -0.2) is 26.8 Å². The van der Waals surface area contributed by atoms with Crippen LogP contribution < -0.4 is 5.32 Å². The highest BCUT2D eigenvalue weighted by molar-refractivity contribution is 5.89. The van der Waals surface area contributed by atoms with E-state index in [0.29, 0.717) is 19.5 Å². The van der Waals surface area contributed by atoms with E-state index in [0.717, 1.165) is 11.1 Å². The van der Waals surface area contributed by atoms with Gasteiger partial charge in [-0.15, -0.1) is 0 Å². The number of rotatable bonds is 6. The molecule has 0 spiro atoms. The molecule has 0 bridgehead atoms. The second-order valence-electron chi connectivity index (χ2n) is 5.53. The first-order chi connectivity index (χ1) is 10.6. The van der Waals surface area contributed by atoms with Crippen molar-refractivity contribution >= 4 is 11.9 Å². The van der Waals surface area contributed by atoms with Gasteiger partial charge >= 0.3 is 5.97 Å². The minimum absolute atomic E-state index is 0.176. The molecule has 6 nitrogen and oxygen atoms in total. The number of aliphatic carboxylic acids is 1. The van der Waals surface area contributed by atoms with Crippen LogP contribution in [0.15, 0.2) is 42.7 Å². The fourth-order valence-corrected chi connectivity index (χ4v) is 2.50. The lowest BCUT2D eigenvalue weighted by Gasteiger charge is -2.07. The Morgan fingerprint density at radius 2 is 2.09 bits per heavy atom. The van der Waals surface area contributed by atoms with Crippen LogP contribution >= 0.6 is 0 Å². The Morgan fingerprint density at radius 3 is 2.77 bits per heavy atom. The molecule has 1 aliphatic rings. The van der Waals surface area contributed by atoms with E-state index in [-0.39, 0.29) is 11.8 Å². The first-order valence-electron chi connectivity index (χ1n) is 7.19. The van der Waals surface area contributed by atoms with Gasteiger partial charge in [-0.1, -0.05) is 24.3 Å². The summed E-state index contributed by atoms with van der Waals surface area (Å²) in [6.45, 7) is 1.09. The van der Waals surface area contributed by atoms with Crippen LogP contribution in [0.3, 0.4) is 0 Å². The molecule has 2 aromatic rings. The number of carbonyl (C=O) groups is 2. The van der Waals surface area contributed by atoms with E-state index < -0.39 is 11.9 Å². The molecule has 1 heterocycles. The molecule has 2 N–H and O–H groups in total. The van der Waals surface area contributed by atoms with Crippen molar-refractivity contribution in [2.24, 2.45) is 11.8 Å². The van der Waals surface area contributed by atoms with E-state index in [1.807, 2.05) is 41.2 Å². The van der Waals surface area contributed by atoms with E-state index in [1.54, 1.807) is 6.20 Å². The maximum Gasteiger partial charge on any atom is 0.307 e. The van der Waals surface area contributed by atoms with E-state index in [2.05, 4.69) is 10.4 Å². The molecule has 2 atom stereocenters. The predicted molar refractivity (Wildman–Crippen MR) is 78.9 cm³/mol. The molecule has 1 amide bonds.